The van der Waals surface area contributed by atoms with Crippen molar-refractivity contribution in [3.63, 3.8) is 0 Å². The number of rotatable bonds is 2. The number of nitrogens with zero attached hydrogens (tertiary/aromatic N) is 3. The maximum absolute atomic E-state index is 11.4. The molecule has 0 radical (unpaired) electrons. The van der Waals surface area contributed by atoms with Crippen LogP contribution < -0.4 is 11.4 Å². The van der Waals surface area contributed by atoms with Gasteiger partial charge in [0, 0.05) is 12.6 Å². The minimum atomic E-state index is -0.393. The highest BCUT2D eigenvalue weighted by molar-refractivity contribution is 6.01. The van der Waals surface area contributed by atoms with Crippen LogP contribution in [0.1, 0.15) is 15.9 Å². The summed E-state index contributed by atoms with van der Waals surface area (Å²) in [4.78, 5) is 11.4. The lowest BCUT2D eigenvalue weighted by Gasteiger charge is -2.13. The maximum Gasteiger partial charge on any atom is 0.337 e. The Hall–Kier alpha value is -2.12. The Bertz CT molecular complexity index is 474. The second kappa shape index (κ2) is 4.40. The molecule has 7 heteroatoms. The summed E-state index contributed by atoms with van der Waals surface area (Å²) in [7, 11) is 3.06. The van der Waals surface area contributed by atoms with Crippen LogP contribution >= 0.6 is 0 Å². The van der Waals surface area contributed by atoms with Gasteiger partial charge in [-0.3, -0.25) is 0 Å². The van der Waals surface area contributed by atoms with Crippen LogP contribution in [0.4, 0.5) is 0 Å². The van der Waals surface area contributed by atoms with E-state index in [0.29, 0.717) is 11.4 Å². The molecule has 7 nitrogen and oxygen atoms in total. The SMILES string of the molecule is COC(=O)c1cccc(C2=NN(C)NN2N)c1. The molecule has 0 amide bonds. The Balaban J connectivity index is 2.34. The minimum absolute atomic E-state index is 0.393. The van der Waals surface area contributed by atoms with Crippen LogP contribution in [0.3, 0.4) is 0 Å². The maximum atomic E-state index is 11.4. The molecule has 1 aliphatic rings. The number of nitrogens with two attached hydrogens (primary N) is 1. The zero-order valence-corrected chi connectivity index (χ0v) is 9.54. The molecule has 0 aromatic heterocycles. The van der Waals surface area contributed by atoms with E-state index in [1.807, 2.05) is 6.07 Å². The predicted molar refractivity (Wildman–Crippen MR) is 61.2 cm³/mol. The van der Waals surface area contributed by atoms with Crippen LogP contribution in [0.2, 0.25) is 0 Å². The van der Waals surface area contributed by atoms with Gasteiger partial charge in [-0.2, -0.15) is 0 Å². The fraction of sp³-hybridized carbons (Fsp3) is 0.200. The van der Waals surface area contributed by atoms with E-state index < -0.39 is 5.97 Å². The first-order chi connectivity index (χ1) is 8.11. The molecule has 0 spiro atoms. The van der Waals surface area contributed by atoms with E-state index in [1.54, 1.807) is 25.2 Å². The van der Waals surface area contributed by atoms with Crippen molar-refractivity contribution in [2.45, 2.75) is 0 Å². The van der Waals surface area contributed by atoms with Gasteiger partial charge in [0.1, 0.15) is 0 Å². The summed E-state index contributed by atoms with van der Waals surface area (Å²) in [5, 5.41) is 6.90. The summed E-state index contributed by atoms with van der Waals surface area (Å²) in [6.07, 6.45) is 0. The van der Waals surface area contributed by atoms with E-state index in [0.717, 1.165) is 5.56 Å². The number of ether oxygens (including phenoxy) is 1. The second-order valence-corrected chi connectivity index (χ2v) is 3.49. The first kappa shape index (κ1) is 11.4. The number of carbonyl (C=O) groups excluding carboxylic acids is 1. The first-order valence-corrected chi connectivity index (χ1v) is 4.94. The largest absolute Gasteiger partial charge is 0.465 e. The van der Waals surface area contributed by atoms with Gasteiger partial charge in [0.25, 0.3) is 0 Å². The number of carbonyl (C=O) groups is 1. The van der Waals surface area contributed by atoms with Crippen molar-refractivity contribution in [3.05, 3.63) is 35.4 Å². The highest BCUT2D eigenvalue weighted by atomic mass is 16.5. The Labute approximate surface area is 98.3 Å². The van der Waals surface area contributed by atoms with Crippen molar-refractivity contribution >= 4 is 11.8 Å². The van der Waals surface area contributed by atoms with Crippen molar-refractivity contribution in [1.82, 2.24) is 15.8 Å². The molecule has 0 unspecified atom stereocenters. The number of benzene rings is 1. The molecular weight excluding hydrogens is 222 g/mol. The van der Waals surface area contributed by atoms with Gasteiger partial charge in [-0.25, -0.2) is 20.9 Å². The van der Waals surface area contributed by atoms with Gasteiger partial charge >= 0.3 is 5.97 Å². The lowest BCUT2D eigenvalue weighted by atomic mass is 10.1. The van der Waals surface area contributed by atoms with E-state index >= 15 is 0 Å². The highest BCUT2D eigenvalue weighted by Gasteiger charge is 2.19. The molecule has 1 aromatic rings. The van der Waals surface area contributed by atoms with Crippen molar-refractivity contribution in [2.75, 3.05) is 14.2 Å². The zero-order chi connectivity index (χ0) is 12.4. The lowest BCUT2D eigenvalue weighted by molar-refractivity contribution is 0.0600. The molecule has 0 saturated carbocycles. The van der Waals surface area contributed by atoms with Crippen LogP contribution in [0.25, 0.3) is 0 Å². The normalized spacial score (nSPS) is 14.9. The fourth-order valence-electron chi connectivity index (χ4n) is 1.52. The number of methoxy groups -OCH3 is 1. The predicted octanol–water partition coefficient (Wildman–Crippen LogP) is -0.324. The van der Waals surface area contributed by atoms with Crippen molar-refractivity contribution < 1.29 is 9.53 Å². The molecule has 0 atom stereocenters. The molecule has 3 N–H and O–H groups in total. The monoisotopic (exact) mass is 235 g/mol. The average Bonchev–Trinajstić information content (AvgIpc) is 2.67. The van der Waals surface area contributed by atoms with Gasteiger partial charge in [0.2, 0.25) is 0 Å². The number of hydrazine groups is 3. The average molecular weight is 235 g/mol. The Morgan fingerprint density at radius 1 is 1.53 bits per heavy atom. The molecule has 17 heavy (non-hydrogen) atoms. The number of hydrogen-bond acceptors (Lipinski definition) is 7. The fourth-order valence-corrected chi connectivity index (χ4v) is 1.52. The Morgan fingerprint density at radius 2 is 2.29 bits per heavy atom. The Kier molecular flexibility index (Phi) is 2.94. The van der Waals surface area contributed by atoms with Gasteiger partial charge in [-0.1, -0.05) is 12.1 Å². The summed E-state index contributed by atoms with van der Waals surface area (Å²) < 4.78 is 4.65. The van der Waals surface area contributed by atoms with E-state index in [1.165, 1.54) is 17.3 Å². The lowest BCUT2D eigenvalue weighted by Crippen LogP contribution is -2.46. The van der Waals surface area contributed by atoms with Gasteiger partial charge in [-0.15, -0.1) is 10.6 Å². The van der Waals surface area contributed by atoms with E-state index in [-0.39, 0.29) is 0 Å². The number of esters is 1. The van der Waals surface area contributed by atoms with E-state index in [2.05, 4.69) is 15.4 Å². The minimum Gasteiger partial charge on any atom is -0.465 e. The third-order valence-electron chi connectivity index (χ3n) is 2.27. The molecule has 0 aliphatic carbocycles. The van der Waals surface area contributed by atoms with Gasteiger partial charge in [0.05, 0.1) is 12.7 Å². The van der Waals surface area contributed by atoms with E-state index in [4.69, 9.17) is 5.84 Å². The molecular formula is C10H13N5O2. The molecule has 0 saturated heterocycles. The summed E-state index contributed by atoms with van der Waals surface area (Å²) >= 11 is 0. The number of nitrogens with one attached hydrogen (secondary N) is 1. The van der Waals surface area contributed by atoms with Crippen molar-refractivity contribution in [3.8, 4) is 0 Å². The summed E-state index contributed by atoms with van der Waals surface area (Å²) in [5.74, 6) is 5.83. The number of hydrogen-bond donors (Lipinski definition) is 2. The second-order valence-electron chi connectivity index (χ2n) is 3.49. The van der Waals surface area contributed by atoms with Crippen molar-refractivity contribution in [1.29, 1.82) is 0 Å². The summed E-state index contributed by atoms with van der Waals surface area (Å²) in [5.41, 5.74) is 3.94. The summed E-state index contributed by atoms with van der Waals surface area (Å²) in [6.45, 7) is 0. The number of hydrazone groups is 1. The van der Waals surface area contributed by atoms with E-state index in [9.17, 15) is 4.79 Å². The molecule has 0 fully saturated rings. The zero-order valence-electron chi connectivity index (χ0n) is 9.54. The van der Waals surface area contributed by atoms with Crippen LogP contribution in [-0.4, -0.2) is 36.2 Å². The summed E-state index contributed by atoms with van der Waals surface area (Å²) in [6, 6.07) is 6.90. The molecule has 0 bridgehead atoms. The third kappa shape index (κ3) is 2.19. The van der Waals surface area contributed by atoms with Gasteiger partial charge in [-0.05, 0) is 12.1 Å². The van der Waals surface area contributed by atoms with Gasteiger partial charge < -0.3 is 4.74 Å². The molecule has 1 aliphatic heterocycles. The van der Waals surface area contributed by atoms with Crippen LogP contribution in [0.15, 0.2) is 29.4 Å². The van der Waals surface area contributed by atoms with Crippen molar-refractivity contribution in [2.24, 2.45) is 10.9 Å². The standard InChI is InChI=1S/C10H13N5O2/c1-14-12-9(15(11)13-14)7-4-3-5-8(6-7)10(16)17-2/h3-6,13H,11H2,1-2H3. The smallest absolute Gasteiger partial charge is 0.337 e. The quantitative estimate of drug-likeness (QED) is 0.539. The molecule has 1 aromatic carbocycles. The third-order valence-corrected chi connectivity index (χ3v) is 2.27. The molecule has 90 valence electrons. The van der Waals surface area contributed by atoms with Crippen LogP contribution in [-0.2, 0) is 4.74 Å². The van der Waals surface area contributed by atoms with Crippen LogP contribution in [0, 0.1) is 0 Å². The first-order valence-electron chi connectivity index (χ1n) is 4.94. The topological polar surface area (TPSA) is 83.2 Å². The molecule has 1 heterocycles. The van der Waals surface area contributed by atoms with Gasteiger partial charge in [0.15, 0.2) is 5.84 Å². The highest BCUT2D eigenvalue weighted by Crippen LogP contribution is 2.11. The number of amidine groups is 1. The molecule has 2 rings (SSSR count). The van der Waals surface area contributed by atoms with Crippen LogP contribution in [0.5, 0.6) is 0 Å². The Morgan fingerprint density at radius 3 is 2.88 bits per heavy atom.